The van der Waals surface area contributed by atoms with Crippen LogP contribution in [0.3, 0.4) is 0 Å². The topological polar surface area (TPSA) is 84.9 Å². The summed E-state index contributed by atoms with van der Waals surface area (Å²) < 4.78 is 10.7. The first kappa shape index (κ1) is 16.3. The normalized spacial score (nSPS) is 15.5. The Morgan fingerprint density at radius 1 is 1.45 bits per heavy atom. The number of nitrogens with one attached hydrogen (secondary N) is 1. The number of hydrogen-bond donors (Lipinski definition) is 2. The Morgan fingerprint density at radius 3 is 2.91 bits per heavy atom. The zero-order valence-corrected chi connectivity index (χ0v) is 12.8. The maximum atomic E-state index is 11.9. The highest BCUT2D eigenvalue weighted by atomic mass is 16.5. The molecule has 2 atom stereocenters. The van der Waals surface area contributed by atoms with Crippen molar-refractivity contribution >= 4 is 11.9 Å². The maximum absolute atomic E-state index is 11.9. The molecule has 2 N–H and O–H groups in total. The number of amides is 1. The van der Waals surface area contributed by atoms with E-state index in [1.807, 2.05) is 13.8 Å². The zero-order chi connectivity index (χ0) is 16.1. The highest BCUT2D eigenvalue weighted by molar-refractivity contribution is 5.85. The Hall–Kier alpha value is -2.08. The molecule has 6 heteroatoms. The number of carboxylic acid groups (broad SMARTS) is 1. The third kappa shape index (κ3) is 3.98. The Labute approximate surface area is 129 Å². The van der Waals surface area contributed by atoms with Gasteiger partial charge < -0.3 is 19.9 Å². The standard InChI is InChI=1S/C16H21NO5/c1-3-10(2)22-9-14(18)17-15(16(19)20)12-4-5-13-11(8-12)6-7-21-13/h4-5,8,10,15H,3,6-7,9H2,1-2H3,(H,17,18)(H,19,20). The second-order valence-electron chi connectivity index (χ2n) is 5.33. The third-order valence-electron chi connectivity index (χ3n) is 3.67. The SMILES string of the molecule is CCC(C)OCC(=O)NC(C(=O)O)c1ccc2c(c1)CCO2. The molecule has 1 amide bonds. The van der Waals surface area contributed by atoms with Gasteiger partial charge in [0.05, 0.1) is 12.7 Å². The van der Waals surface area contributed by atoms with Crippen LogP contribution in [0.2, 0.25) is 0 Å². The number of carbonyl (C=O) groups excluding carboxylic acids is 1. The smallest absolute Gasteiger partial charge is 0.330 e. The van der Waals surface area contributed by atoms with Gasteiger partial charge in [0.2, 0.25) is 5.91 Å². The average Bonchev–Trinajstić information content (AvgIpc) is 2.97. The van der Waals surface area contributed by atoms with Crippen LogP contribution in [-0.2, 0) is 20.7 Å². The molecule has 0 bridgehead atoms. The van der Waals surface area contributed by atoms with Crippen molar-refractivity contribution in [2.75, 3.05) is 13.2 Å². The van der Waals surface area contributed by atoms with E-state index in [4.69, 9.17) is 9.47 Å². The molecule has 0 spiro atoms. The molecule has 0 saturated carbocycles. The first-order valence-electron chi connectivity index (χ1n) is 7.40. The lowest BCUT2D eigenvalue weighted by atomic mass is 10.0. The Balaban J connectivity index is 2.04. The van der Waals surface area contributed by atoms with Gasteiger partial charge in [-0.15, -0.1) is 0 Å². The second-order valence-corrected chi connectivity index (χ2v) is 5.33. The van der Waals surface area contributed by atoms with E-state index in [1.54, 1.807) is 18.2 Å². The van der Waals surface area contributed by atoms with Crippen molar-refractivity contribution in [2.24, 2.45) is 0 Å². The van der Waals surface area contributed by atoms with Crippen LogP contribution in [0.15, 0.2) is 18.2 Å². The molecule has 0 aliphatic carbocycles. The summed E-state index contributed by atoms with van der Waals surface area (Å²) in [7, 11) is 0. The first-order chi connectivity index (χ1) is 10.5. The lowest BCUT2D eigenvalue weighted by molar-refractivity contribution is -0.143. The zero-order valence-electron chi connectivity index (χ0n) is 12.8. The van der Waals surface area contributed by atoms with Gasteiger partial charge >= 0.3 is 5.97 Å². The molecule has 22 heavy (non-hydrogen) atoms. The Morgan fingerprint density at radius 2 is 2.23 bits per heavy atom. The van der Waals surface area contributed by atoms with Gasteiger partial charge in [0, 0.05) is 6.42 Å². The van der Waals surface area contributed by atoms with E-state index in [0.717, 1.165) is 24.2 Å². The van der Waals surface area contributed by atoms with Crippen molar-refractivity contribution in [3.63, 3.8) is 0 Å². The van der Waals surface area contributed by atoms with Crippen LogP contribution in [0.1, 0.15) is 37.4 Å². The number of hydrogen-bond acceptors (Lipinski definition) is 4. The summed E-state index contributed by atoms with van der Waals surface area (Å²) in [4.78, 5) is 23.3. The number of rotatable bonds is 7. The van der Waals surface area contributed by atoms with Crippen LogP contribution in [0.4, 0.5) is 0 Å². The molecule has 2 rings (SSSR count). The molecular formula is C16H21NO5. The molecule has 0 saturated heterocycles. The van der Waals surface area contributed by atoms with Crippen molar-refractivity contribution in [1.29, 1.82) is 0 Å². The lowest BCUT2D eigenvalue weighted by Crippen LogP contribution is -2.36. The van der Waals surface area contributed by atoms with Crippen LogP contribution in [0.5, 0.6) is 5.75 Å². The fraction of sp³-hybridized carbons (Fsp3) is 0.500. The lowest BCUT2D eigenvalue weighted by Gasteiger charge is -2.17. The molecule has 1 aromatic rings. The summed E-state index contributed by atoms with van der Waals surface area (Å²) in [6.45, 7) is 4.27. The maximum Gasteiger partial charge on any atom is 0.330 e. The quantitative estimate of drug-likeness (QED) is 0.800. The van der Waals surface area contributed by atoms with E-state index < -0.39 is 17.9 Å². The van der Waals surface area contributed by atoms with E-state index in [-0.39, 0.29) is 12.7 Å². The number of fused-ring (bicyclic) bond motifs is 1. The van der Waals surface area contributed by atoms with Gasteiger partial charge in [-0.25, -0.2) is 4.79 Å². The van der Waals surface area contributed by atoms with Crippen molar-refractivity contribution in [2.45, 2.75) is 38.8 Å². The molecule has 0 fully saturated rings. The molecule has 120 valence electrons. The van der Waals surface area contributed by atoms with Gasteiger partial charge in [0.1, 0.15) is 12.4 Å². The van der Waals surface area contributed by atoms with Gasteiger partial charge in [0.15, 0.2) is 6.04 Å². The van der Waals surface area contributed by atoms with Crippen LogP contribution < -0.4 is 10.1 Å². The summed E-state index contributed by atoms with van der Waals surface area (Å²) in [6, 6.07) is 4.10. The molecule has 1 aliphatic heterocycles. The summed E-state index contributed by atoms with van der Waals surface area (Å²) in [5.74, 6) is -0.764. The summed E-state index contributed by atoms with van der Waals surface area (Å²) in [5, 5.41) is 11.9. The largest absolute Gasteiger partial charge is 0.493 e. The van der Waals surface area contributed by atoms with Crippen LogP contribution >= 0.6 is 0 Å². The van der Waals surface area contributed by atoms with Gasteiger partial charge in [-0.3, -0.25) is 4.79 Å². The second kappa shape index (κ2) is 7.26. The Bertz CT molecular complexity index is 557. The van der Waals surface area contributed by atoms with Crippen LogP contribution in [0.25, 0.3) is 0 Å². The highest BCUT2D eigenvalue weighted by Crippen LogP contribution is 2.28. The third-order valence-corrected chi connectivity index (χ3v) is 3.67. The van der Waals surface area contributed by atoms with Crippen molar-refractivity contribution in [3.05, 3.63) is 29.3 Å². The Kier molecular flexibility index (Phi) is 5.38. The molecule has 1 aliphatic rings. The van der Waals surface area contributed by atoms with E-state index in [2.05, 4.69) is 5.32 Å². The fourth-order valence-electron chi connectivity index (χ4n) is 2.21. The number of aliphatic carboxylic acids is 1. The minimum Gasteiger partial charge on any atom is -0.493 e. The minimum atomic E-state index is -1.10. The predicted octanol–water partition coefficient (Wildman–Crippen LogP) is 1.68. The molecular weight excluding hydrogens is 286 g/mol. The molecule has 0 aromatic heterocycles. The summed E-state index contributed by atoms with van der Waals surface area (Å²) in [5.41, 5.74) is 1.50. The monoisotopic (exact) mass is 307 g/mol. The molecule has 0 radical (unpaired) electrons. The minimum absolute atomic E-state index is 0.0360. The van der Waals surface area contributed by atoms with Crippen molar-refractivity contribution in [1.82, 2.24) is 5.32 Å². The first-order valence-corrected chi connectivity index (χ1v) is 7.40. The fourth-order valence-corrected chi connectivity index (χ4v) is 2.21. The summed E-state index contributed by atoms with van der Waals surface area (Å²) in [6.07, 6.45) is 1.51. The van der Waals surface area contributed by atoms with E-state index in [1.165, 1.54) is 0 Å². The number of ether oxygens (including phenoxy) is 2. The van der Waals surface area contributed by atoms with E-state index in [0.29, 0.717) is 12.2 Å². The van der Waals surface area contributed by atoms with E-state index >= 15 is 0 Å². The number of carbonyl (C=O) groups is 2. The highest BCUT2D eigenvalue weighted by Gasteiger charge is 2.24. The predicted molar refractivity (Wildman–Crippen MR) is 79.9 cm³/mol. The van der Waals surface area contributed by atoms with Crippen molar-refractivity contribution < 1.29 is 24.2 Å². The van der Waals surface area contributed by atoms with Gasteiger partial charge in [0.25, 0.3) is 0 Å². The summed E-state index contributed by atoms with van der Waals surface area (Å²) >= 11 is 0. The van der Waals surface area contributed by atoms with Crippen molar-refractivity contribution in [3.8, 4) is 5.75 Å². The van der Waals surface area contributed by atoms with Crippen LogP contribution in [-0.4, -0.2) is 36.3 Å². The molecule has 1 aromatic carbocycles. The van der Waals surface area contributed by atoms with Gasteiger partial charge in [-0.2, -0.15) is 0 Å². The average molecular weight is 307 g/mol. The number of benzene rings is 1. The number of carboxylic acids is 1. The molecule has 1 heterocycles. The van der Waals surface area contributed by atoms with Crippen LogP contribution in [0, 0.1) is 0 Å². The molecule has 2 unspecified atom stereocenters. The van der Waals surface area contributed by atoms with Gasteiger partial charge in [-0.05, 0) is 36.6 Å². The van der Waals surface area contributed by atoms with E-state index in [9.17, 15) is 14.7 Å². The molecule has 6 nitrogen and oxygen atoms in total. The van der Waals surface area contributed by atoms with Gasteiger partial charge in [-0.1, -0.05) is 13.0 Å².